The summed E-state index contributed by atoms with van der Waals surface area (Å²) in [4.78, 5) is 39.5. The number of ether oxygens (including phenoxy) is 3. The predicted octanol–water partition coefficient (Wildman–Crippen LogP) is 4.41. The van der Waals surface area contributed by atoms with E-state index in [4.69, 9.17) is 25.8 Å². The number of fused-ring (bicyclic) bond motifs is 1. The van der Waals surface area contributed by atoms with Crippen molar-refractivity contribution < 1.29 is 33.0 Å². The minimum Gasteiger partial charge on any atom is -0.484 e. The van der Waals surface area contributed by atoms with Crippen molar-refractivity contribution in [1.82, 2.24) is 10.2 Å². The first kappa shape index (κ1) is 26.4. The summed E-state index contributed by atoms with van der Waals surface area (Å²) in [5, 5.41) is 2.63. The molecule has 0 radical (unpaired) electrons. The number of carbonyl (C=O) groups excluding carboxylic acids is 3. The normalized spacial score (nSPS) is 18.3. The Morgan fingerprint density at radius 2 is 1.83 bits per heavy atom. The number of rotatable bonds is 7. The Morgan fingerprint density at radius 1 is 1.14 bits per heavy atom. The maximum absolute atomic E-state index is 13.6. The molecule has 1 heterocycles. The number of hydrogen-bond donors (Lipinski definition) is 1. The quantitative estimate of drug-likeness (QED) is 0.439. The maximum atomic E-state index is 13.6. The summed E-state index contributed by atoms with van der Waals surface area (Å²) in [6, 6.07) is 7.51. The zero-order chi connectivity index (χ0) is 25.9. The molecule has 0 bridgehead atoms. The van der Waals surface area contributed by atoms with Crippen LogP contribution >= 0.6 is 11.6 Å². The number of halogens is 2. The van der Waals surface area contributed by atoms with Crippen molar-refractivity contribution in [2.75, 3.05) is 27.2 Å². The second kappa shape index (κ2) is 10.6. The van der Waals surface area contributed by atoms with Crippen molar-refractivity contribution in [3.05, 3.63) is 63.9 Å². The molecular weight excluding hydrogens is 479 g/mol. The van der Waals surface area contributed by atoms with E-state index in [1.807, 2.05) is 19.0 Å². The van der Waals surface area contributed by atoms with E-state index >= 15 is 0 Å². The molecule has 0 saturated carbocycles. The highest BCUT2D eigenvalue weighted by atomic mass is 35.5. The second-order valence-electron chi connectivity index (χ2n) is 9.03. The third-order valence-electron chi connectivity index (χ3n) is 5.56. The average molecular weight is 507 g/mol. The van der Waals surface area contributed by atoms with Crippen LogP contribution in [0.5, 0.6) is 5.75 Å². The number of likely N-dealkylation sites (N-methyl/N-ethyl adjacent to an activating group) is 1. The molecule has 0 spiro atoms. The van der Waals surface area contributed by atoms with E-state index in [2.05, 4.69) is 5.32 Å². The van der Waals surface area contributed by atoms with Crippen molar-refractivity contribution in [2.24, 2.45) is 0 Å². The highest BCUT2D eigenvalue weighted by molar-refractivity contribution is 6.31. The average Bonchev–Trinajstić information content (AvgIpc) is 2.77. The van der Waals surface area contributed by atoms with E-state index in [0.29, 0.717) is 23.4 Å². The summed E-state index contributed by atoms with van der Waals surface area (Å²) in [6.45, 7) is 5.44. The lowest BCUT2D eigenvalue weighted by Crippen LogP contribution is -2.55. The van der Waals surface area contributed by atoms with Crippen LogP contribution < -0.4 is 10.1 Å². The Hall–Kier alpha value is -3.17. The van der Waals surface area contributed by atoms with Gasteiger partial charge in [-0.1, -0.05) is 11.6 Å². The Labute approximate surface area is 208 Å². The standard InChI is InChI=1S/C25H28ClFN2O6/c1-14(30)15-7-9-20-17(12-15)21(28-23(31)16-6-8-19(27)18(26)13-16)22(25(2,3)35-20)34-24(32)33-11-10-29(4)5/h6-9,12-13,21-22H,10-11H2,1-5H3,(H,28,31)/t21-,22-/m0/s1. The summed E-state index contributed by atoms with van der Waals surface area (Å²) in [5.74, 6) is -1.01. The lowest BCUT2D eigenvalue weighted by Gasteiger charge is -2.44. The van der Waals surface area contributed by atoms with E-state index in [9.17, 15) is 18.8 Å². The second-order valence-corrected chi connectivity index (χ2v) is 9.44. The van der Waals surface area contributed by atoms with Crippen LogP contribution in [0, 0.1) is 5.82 Å². The molecule has 1 aliphatic heterocycles. The number of Topliss-reactive ketones (excluding diaryl/α,β-unsaturated/α-hetero) is 1. The molecule has 1 N–H and O–H groups in total. The van der Waals surface area contributed by atoms with Crippen molar-refractivity contribution >= 4 is 29.4 Å². The monoisotopic (exact) mass is 506 g/mol. The van der Waals surface area contributed by atoms with E-state index in [1.165, 1.54) is 19.1 Å². The van der Waals surface area contributed by atoms with E-state index in [-0.39, 0.29) is 23.0 Å². The van der Waals surface area contributed by atoms with E-state index in [0.717, 1.165) is 6.07 Å². The molecule has 0 unspecified atom stereocenters. The van der Waals surface area contributed by atoms with Crippen molar-refractivity contribution in [2.45, 2.75) is 38.5 Å². The van der Waals surface area contributed by atoms with Crippen molar-refractivity contribution in [3.8, 4) is 5.75 Å². The lowest BCUT2D eigenvalue weighted by atomic mass is 9.85. The van der Waals surface area contributed by atoms with Crippen LogP contribution in [-0.4, -0.2) is 61.7 Å². The lowest BCUT2D eigenvalue weighted by molar-refractivity contribution is -0.0888. The summed E-state index contributed by atoms with van der Waals surface area (Å²) in [7, 11) is 3.67. The van der Waals surface area contributed by atoms with Gasteiger partial charge in [0.1, 0.15) is 23.8 Å². The topological polar surface area (TPSA) is 94.2 Å². The fraction of sp³-hybridized carbons (Fsp3) is 0.400. The van der Waals surface area contributed by atoms with Crippen LogP contribution in [0.15, 0.2) is 36.4 Å². The number of hydrogen-bond acceptors (Lipinski definition) is 7. The first-order valence-corrected chi connectivity index (χ1v) is 11.3. The molecule has 1 amide bonds. The van der Waals surface area contributed by atoms with Gasteiger partial charge >= 0.3 is 6.16 Å². The molecule has 2 aromatic rings. The largest absolute Gasteiger partial charge is 0.508 e. The van der Waals surface area contributed by atoms with Gasteiger partial charge < -0.3 is 24.4 Å². The number of nitrogens with one attached hydrogen (secondary N) is 1. The first-order chi connectivity index (χ1) is 16.4. The highest BCUT2D eigenvalue weighted by Crippen LogP contribution is 2.42. The molecule has 2 aromatic carbocycles. The molecule has 0 aliphatic carbocycles. The SMILES string of the molecule is CC(=O)c1ccc2c(c1)[C@H](NC(=O)c1ccc(F)c(Cl)c1)[C@H](OC(=O)OCCN(C)C)C(C)(C)O2. The first-order valence-electron chi connectivity index (χ1n) is 11.0. The summed E-state index contributed by atoms with van der Waals surface area (Å²) < 4.78 is 30.5. The number of amides is 1. The van der Waals surface area contributed by atoms with Gasteiger partial charge in [0.15, 0.2) is 11.9 Å². The van der Waals surface area contributed by atoms with Gasteiger partial charge in [-0.3, -0.25) is 9.59 Å². The van der Waals surface area contributed by atoms with E-state index < -0.39 is 35.6 Å². The van der Waals surface area contributed by atoms with Gasteiger partial charge in [-0.15, -0.1) is 0 Å². The van der Waals surface area contributed by atoms with Gasteiger partial charge in [0.05, 0.1) is 11.1 Å². The molecule has 188 valence electrons. The Kier molecular flexibility index (Phi) is 8.02. The Balaban J connectivity index is 1.97. The maximum Gasteiger partial charge on any atom is 0.508 e. The Bertz CT molecular complexity index is 1140. The fourth-order valence-electron chi connectivity index (χ4n) is 3.68. The number of carbonyl (C=O) groups is 3. The van der Waals surface area contributed by atoms with Gasteiger partial charge in [0.25, 0.3) is 5.91 Å². The number of ketones is 1. The zero-order valence-corrected chi connectivity index (χ0v) is 20.9. The number of nitrogens with zero attached hydrogens (tertiary/aromatic N) is 1. The van der Waals surface area contributed by atoms with Crippen LogP contribution in [0.3, 0.4) is 0 Å². The summed E-state index contributed by atoms with van der Waals surface area (Å²) in [5.41, 5.74) is -0.130. The number of benzene rings is 2. The molecule has 8 nitrogen and oxygen atoms in total. The minimum atomic E-state index is -1.08. The summed E-state index contributed by atoms with van der Waals surface area (Å²) in [6.07, 6.45) is -1.95. The molecule has 2 atom stereocenters. The van der Waals surface area contributed by atoms with Crippen LogP contribution in [0.4, 0.5) is 9.18 Å². The van der Waals surface area contributed by atoms with Gasteiger partial charge in [-0.05, 0) is 71.3 Å². The van der Waals surface area contributed by atoms with Crippen LogP contribution in [0.1, 0.15) is 53.1 Å². The molecular formula is C25H28ClFN2O6. The third kappa shape index (κ3) is 6.29. The van der Waals surface area contributed by atoms with Crippen LogP contribution in [0.25, 0.3) is 0 Å². The zero-order valence-electron chi connectivity index (χ0n) is 20.2. The molecule has 10 heteroatoms. The van der Waals surface area contributed by atoms with Crippen LogP contribution in [-0.2, 0) is 9.47 Å². The third-order valence-corrected chi connectivity index (χ3v) is 5.85. The highest BCUT2D eigenvalue weighted by Gasteiger charge is 2.48. The summed E-state index contributed by atoms with van der Waals surface area (Å²) >= 11 is 5.85. The minimum absolute atomic E-state index is 0.107. The fourth-order valence-corrected chi connectivity index (χ4v) is 3.86. The van der Waals surface area contributed by atoms with Crippen LogP contribution in [0.2, 0.25) is 5.02 Å². The van der Waals surface area contributed by atoms with Crippen molar-refractivity contribution in [1.29, 1.82) is 0 Å². The molecule has 35 heavy (non-hydrogen) atoms. The molecule has 0 fully saturated rings. The van der Waals surface area contributed by atoms with Crippen molar-refractivity contribution in [3.63, 3.8) is 0 Å². The molecule has 3 rings (SSSR count). The molecule has 1 aliphatic rings. The van der Waals surface area contributed by atoms with Gasteiger partial charge in [-0.2, -0.15) is 0 Å². The predicted molar refractivity (Wildman–Crippen MR) is 128 cm³/mol. The van der Waals surface area contributed by atoms with E-state index in [1.54, 1.807) is 32.0 Å². The molecule has 0 saturated heterocycles. The molecule has 0 aromatic heterocycles. The smallest absolute Gasteiger partial charge is 0.484 e. The van der Waals surface area contributed by atoms with Gasteiger partial charge in [-0.25, -0.2) is 9.18 Å². The van der Waals surface area contributed by atoms with Gasteiger partial charge in [0.2, 0.25) is 0 Å². The Morgan fingerprint density at radius 3 is 2.46 bits per heavy atom. The van der Waals surface area contributed by atoms with Gasteiger partial charge in [0, 0.05) is 23.2 Å².